The second kappa shape index (κ2) is 9.71. The van der Waals surface area contributed by atoms with Crippen LogP contribution < -0.4 is 16.0 Å². The number of thiazole rings is 1. The van der Waals surface area contributed by atoms with Crippen molar-refractivity contribution < 1.29 is 13.2 Å². The van der Waals surface area contributed by atoms with Gasteiger partial charge in [-0.05, 0) is 30.9 Å². The maximum absolute atomic E-state index is 11.5. The number of rotatable bonds is 8. The van der Waals surface area contributed by atoms with Gasteiger partial charge in [0, 0.05) is 5.38 Å². The molecule has 0 saturated heterocycles. The van der Waals surface area contributed by atoms with Crippen LogP contribution in [0.5, 0.6) is 0 Å². The average Bonchev–Trinajstić information content (AvgIpc) is 3.00. The van der Waals surface area contributed by atoms with Crippen molar-refractivity contribution in [3.63, 3.8) is 0 Å². The number of nitrogens with one attached hydrogen (secondary N) is 2. The standard InChI is InChI=1S/C15H20N4O3S2.ClH/c1-2-24(21,22)19-15-17-13(10-23-15)8-7-11-3-5-12(6-4-11)9-14(20)18-16;/h3-6,10H,2,7-9,16H2,1H3,(H,17,19)(H,18,20);1H. The number of halogens is 1. The van der Waals surface area contributed by atoms with Gasteiger partial charge in [-0.1, -0.05) is 24.3 Å². The Morgan fingerprint density at radius 3 is 2.44 bits per heavy atom. The molecule has 10 heteroatoms. The Hall–Kier alpha value is -1.68. The van der Waals surface area contributed by atoms with E-state index in [1.807, 2.05) is 29.6 Å². The summed E-state index contributed by atoms with van der Waals surface area (Å²) in [5.41, 5.74) is 4.97. The molecule has 7 nitrogen and oxygen atoms in total. The molecule has 0 fully saturated rings. The molecule has 0 unspecified atom stereocenters. The van der Waals surface area contributed by atoms with Crippen molar-refractivity contribution in [3.05, 3.63) is 46.5 Å². The lowest BCUT2D eigenvalue weighted by atomic mass is 10.0. The van der Waals surface area contributed by atoms with E-state index in [1.165, 1.54) is 11.3 Å². The number of hydrogen-bond donors (Lipinski definition) is 3. The monoisotopic (exact) mass is 404 g/mol. The fraction of sp³-hybridized carbons (Fsp3) is 0.333. The second-order valence-corrected chi connectivity index (χ2v) is 8.08. The number of aryl methyl sites for hydroxylation is 2. The van der Waals surface area contributed by atoms with Gasteiger partial charge >= 0.3 is 0 Å². The van der Waals surface area contributed by atoms with E-state index in [9.17, 15) is 13.2 Å². The average molecular weight is 405 g/mol. The van der Waals surface area contributed by atoms with Gasteiger partial charge in [0.2, 0.25) is 15.9 Å². The highest BCUT2D eigenvalue weighted by Crippen LogP contribution is 2.18. The van der Waals surface area contributed by atoms with Gasteiger partial charge < -0.3 is 0 Å². The van der Waals surface area contributed by atoms with Crippen molar-refractivity contribution in [2.24, 2.45) is 5.84 Å². The molecule has 0 aliphatic rings. The first-order chi connectivity index (χ1) is 11.4. The van der Waals surface area contributed by atoms with Crippen LogP contribution in [0.1, 0.15) is 23.7 Å². The van der Waals surface area contributed by atoms with Crippen LogP contribution in [0.4, 0.5) is 5.13 Å². The lowest BCUT2D eigenvalue weighted by molar-refractivity contribution is -0.120. The minimum Gasteiger partial charge on any atom is -0.294 e. The third kappa shape index (κ3) is 6.99. The molecule has 2 rings (SSSR count). The topological polar surface area (TPSA) is 114 Å². The third-order valence-corrected chi connectivity index (χ3v) is 5.59. The molecule has 1 amide bonds. The van der Waals surface area contributed by atoms with Gasteiger partial charge in [-0.2, -0.15) is 0 Å². The smallest absolute Gasteiger partial charge is 0.238 e. The van der Waals surface area contributed by atoms with E-state index in [2.05, 4.69) is 15.1 Å². The van der Waals surface area contributed by atoms with E-state index in [0.717, 1.165) is 23.2 Å². The number of nitrogens with zero attached hydrogens (tertiary/aromatic N) is 1. The van der Waals surface area contributed by atoms with E-state index < -0.39 is 10.0 Å². The number of carbonyl (C=O) groups is 1. The van der Waals surface area contributed by atoms with Crippen LogP contribution in [-0.4, -0.2) is 25.1 Å². The number of amides is 1. The van der Waals surface area contributed by atoms with Crippen molar-refractivity contribution in [3.8, 4) is 0 Å². The molecule has 0 aliphatic heterocycles. The molecule has 1 aromatic carbocycles. The first kappa shape index (κ1) is 21.4. The van der Waals surface area contributed by atoms with Gasteiger partial charge in [-0.3, -0.25) is 14.9 Å². The van der Waals surface area contributed by atoms with Crippen LogP contribution >= 0.6 is 23.7 Å². The summed E-state index contributed by atoms with van der Waals surface area (Å²) in [5.74, 6) is 4.86. The Labute approximate surface area is 157 Å². The zero-order valence-corrected chi connectivity index (χ0v) is 16.1. The number of hydrazine groups is 1. The maximum Gasteiger partial charge on any atom is 0.238 e. The first-order valence-corrected chi connectivity index (χ1v) is 9.97. The predicted molar refractivity (Wildman–Crippen MR) is 102 cm³/mol. The number of benzene rings is 1. The summed E-state index contributed by atoms with van der Waals surface area (Å²) in [6, 6.07) is 7.72. The van der Waals surface area contributed by atoms with Crippen LogP contribution in [0.2, 0.25) is 0 Å². The van der Waals surface area contributed by atoms with Gasteiger partial charge in [0.25, 0.3) is 0 Å². The molecule has 0 radical (unpaired) electrons. The van der Waals surface area contributed by atoms with Crippen molar-refractivity contribution in [2.75, 3.05) is 10.5 Å². The van der Waals surface area contributed by atoms with Crippen LogP contribution in [0.15, 0.2) is 29.6 Å². The molecular formula is C15H21ClN4O3S2. The number of hydrogen-bond acceptors (Lipinski definition) is 6. The highest BCUT2D eigenvalue weighted by atomic mass is 35.5. The molecule has 138 valence electrons. The predicted octanol–water partition coefficient (Wildman–Crippen LogP) is 1.64. The lowest BCUT2D eigenvalue weighted by Crippen LogP contribution is -2.31. The van der Waals surface area contributed by atoms with Crippen molar-refractivity contribution in [1.29, 1.82) is 0 Å². The summed E-state index contributed by atoms with van der Waals surface area (Å²) in [6.07, 6.45) is 1.75. The zero-order chi connectivity index (χ0) is 17.6. The van der Waals surface area contributed by atoms with E-state index in [0.29, 0.717) is 11.6 Å². The molecule has 0 spiro atoms. The van der Waals surface area contributed by atoms with Crippen LogP contribution in [0, 0.1) is 0 Å². The van der Waals surface area contributed by atoms with Crippen molar-refractivity contribution >= 4 is 44.8 Å². The van der Waals surface area contributed by atoms with Crippen LogP contribution in [0.25, 0.3) is 0 Å². The van der Waals surface area contributed by atoms with Gasteiger partial charge in [-0.25, -0.2) is 19.2 Å². The van der Waals surface area contributed by atoms with E-state index in [4.69, 9.17) is 5.84 Å². The van der Waals surface area contributed by atoms with Crippen molar-refractivity contribution in [2.45, 2.75) is 26.2 Å². The Kier molecular flexibility index (Phi) is 8.30. The molecule has 0 saturated carbocycles. The minimum absolute atomic E-state index is 0. The summed E-state index contributed by atoms with van der Waals surface area (Å²) in [6.45, 7) is 1.58. The number of aromatic nitrogens is 1. The molecule has 1 heterocycles. The summed E-state index contributed by atoms with van der Waals surface area (Å²) < 4.78 is 25.5. The maximum atomic E-state index is 11.5. The fourth-order valence-electron chi connectivity index (χ4n) is 2.01. The first-order valence-electron chi connectivity index (χ1n) is 7.44. The molecule has 0 bridgehead atoms. The summed E-state index contributed by atoms with van der Waals surface area (Å²) in [4.78, 5) is 15.5. The Balaban J connectivity index is 0.00000312. The fourth-order valence-corrected chi connectivity index (χ4v) is 3.62. The van der Waals surface area contributed by atoms with E-state index >= 15 is 0 Å². The molecule has 0 aliphatic carbocycles. The number of nitrogens with two attached hydrogens (primary N) is 1. The molecule has 0 atom stereocenters. The van der Waals surface area contributed by atoms with Crippen LogP contribution in [0.3, 0.4) is 0 Å². The number of carbonyl (C=O) groups excluding carboxylic acids is 1. The Morgan fingerprint density at radius 1 is 1.20 bits per heavy atom. The van der Waals surface area contributed by atoms with Gasteiger partial charge in [0.05, 0.1) is 17.9 Å². The quantitative estimate of drug-likeness (QED) is 0.351. The van der Waals surface area contributed by atoms with Gasteiger partial charge in [0.15, 0.2) is 5.13 Å². The molecule has 1 aromatic heterocycles. The normalized spacial score (nSPS) is 10.8. The highest BCUT2D eigenvalue weighted by Gasteiger charge is 2.10. The number of anilines is 1. The summed E-state index contributed by atoms with van der Waals surface area (Å²) in [7, 11) is -3.29. The molecular weight excluding hydrogens is 384 g/mol. The minimum atomic E-state index is -3.29. The van der Waals surface area contributed by atoms with Gasteiger partial charge in [0.1, 0.15) is 0 Å². The lowest BCUT2D eigenvalue weighted by Gasteiger charge is -2.03. The van der Waals surface area contributed by atoms with E-state index in [-0.39, 0.29) is 30.5 Å². The SMILES string of the molecule is CCS(=O)(=O)Nc1nc(CCc2ccc(CC(=O)NN)cc2)cs1.Cl. The van der Waals surface area contributed by atoms with Crippen LogP contribution in [-0.2, 0) is 34.1 Å². The summed E-state index contributed by atoms with van der Waals surface area (Å²) in [5, 5.41) is 2.25. The third-order valence-electron chi connectivity index (χ3n) is 3.39. The molecule has 4 N–H and O–H groups in total. The summed E-state index contributed by atoms with van der Waals surface area (Å²) >= 11 is 1.28. The Morgan fingerprint density at radius 2 is 1.84 bits per heavy atom. The largest absolute Gasteiger partial charge is 0.294 e. The molecule has 2 aromatic rings. The second-order valence-electron chi connectivity index (χ2n) is 5.21. The van der Waals surface area contributed by atoms with Crippen molar-refractivity contribution in [1.82, 2.24) is 10.4 Å². The highest BCUT2D eigenvalue weighted by molar-refractivity contribution is 7.92. The zero-order valence-electron chi connectivity index (χ0n) is 13.7. The molecule has 25 heavy (non-hydrogen) atoms. The van der Waals surface area contributed by atoms with E-state index in [1.54, 1.807) is 6.92 Å². The Bertz CT molecular complexity index is 791. The number of sulfonamides is 1. The van der Waals surface area contributed by atoms with Gasteiger partial charge in [-0.15, -0.1) is 23.7 Å².